The summed E-state index contributed by atoms with van der Waals surface area (Å²) in [5, 5.41) is 16.2. The van der Waals surface area contributed by atoms with Crippen LogP contribution in [0, 0.1) is 11.3 Å². The van der Waals surface area contributed by atoms with Crippen molar-refractivity contribution in [3.63, 3.8) is 0 Å². The van der Waals surface area contributed by atoms with Crippen molar-refractivity contribution in [2.75, 3.05) is 13.7 Å². The molecule has 0 heterocycles. The molecule has 0 aliphatic heterocycles. The van der Waals surface area contributed by atoms with E-state index in [0.29, 0.717) is 0 Å². The summed E-state index contributed by atoms with van der Waals surface area (Å²) in [5.41, 5.74) is 0. The first kappa shape index (κ1) is 15.8. The van der Waals surface area contributed by atoms with Gasteiger partial charge < -0.3 is 9.84 Å². The summed E-state index contributed by atoms with van der Waals surface area (Å²) in [4.78, 5) is 10.8. The van der Waals surface area contributed by atoms with Crippen LogP contribution in [0.1, 0.15) is 19.8 Å². The van der Waals surface area contributed by atoms with Crippen LogP contribution in [-0.4, -0.2) is 44.5 Å². The zero-order valence-electron chi connectivity index (χ0n) is 9.71. The summed E-state index contributed by atoms with van der Waals surface area (Å²) in [6.45, 7) is 1.65. The molecule has 2 atom stereocenters. The van der Waals surface area contributed by atoms with E-state index in [4.69, 9.17) is 10.4 Å². The van der Waals surface area contributed by atoms with Crippen molar-refractivity contribution < 1.29 is 23.1 Å². The standard InChI is InChI=1S/C9H16N2O5S/c1-3-7(6-10)17(14,15)11-8(9(12)13)4-5-16-2/h7-8,11H,3-5H2,1-2H3,(H,12,13). The lowest BCUT2D eigenvalue weighted by molar-refractivity contribution is -0.139. The number of rotatable bonds is 8. The van der Waals surface area contributed by atoms with Crippen LogP contribution < -0.4 is 4.72 Å². The lowest BCUT2D eigenvalue weighted by atomic mass is 10.2. The lowest BCUT2D eigenvalue weighted by Gasteiger charge is -2.16. The number of hydrogen-bond donors (Lipinski definition) is 2. The number of ether oxygens (including phenoxy) is 1. The van der Waals surface area contributed by atoms with Gasteiger partial charge in [0, 0.05) is 13.7 Å². The van der Waals surface area contributed by atoms with Crippen LogP contribution in [0.3, 0.4) is 0 Å². The van der Waals surface area contributed by atoms with Crippen molar-refractivity contribution in [2.24, 2.45) is 0 Å². The first-order valence-corrected chi connectivity index (χ1v) is 6.56. The fourth-order valence-electron chi connectivity index (χ4n) is 1.13. The first-order valence-electron chi connectivity index (χ1n) is 5.01. The number of hydrogen-bond acceptors (Lipinski definition) is 5. The molecule has 0 saturated heterocycles. The minimum Gasteiger partial charge on any atom is -0.480 e. The summed E-state index contributed by atoms with van der Waals surface area (Å²) >= 11 is 0. The van der Waals surface area contributed by atoms with E-state index in [9.17, 15) is 13.2 Å². The van der Waals surface area contributed by atoms with Crippen LogP contribution in [0.15, 0.2) is 0 Å². The predicted octanol–water partition coefficient (Wildman–Crippen LogP) is -0.302. The summed E-state index contributed by atoms with van der Waals surface area (Å²) in [5.74, 6) is -1.29. The van der Waals surface area contributed by atoms with Crippen molar-refractivity contribution in [3.8, 4) is 6.07 Å². The maximum absolute atomic E-state index is 11.6. The van der Waals surface area contributed by atoms with Gasteiger partial charge in [0.15, 0.2) is 5.25 Å². The molecule has 17 heavy (non-hydrogen) atoms. The highest BCUT2D eigenvalue weighted by molar-refractivity contribution is 7.90. The van der Waals surface area contributed by atoms with Crippen LogP contribution in [0.5, 0.6) is 0 Å². The number of nitrogens with zero attached hydrogens (tertiary/aromatic N) is 1. The van der Waals surface area contributed by atoms with E-state index < -0.39 is 27.3 Å². The average molecular weight is 264 g/mol. The van der Waals surface area contributed by atoms with E-state index in [1.807, 2.05) is 4.72 Å². The number of methoxy groups -OCH3 is 1. The van der Waals surface area contributed by atoms with Gasteiger partial charge in [0.1, 0.15) is 6.04 Å². The van der Waals surface area contributed by atoms with Gasteiger partial charge in [0.25, 0.3) is 0 Å². The van der Waals surface area contributed by atoms with E-state index >= 15 is 0 Å². The third kappa shape index (κ3) is 5.12. The quantitative estimate of drug-likeness (QED) is 0.621. The molecular formula is C9H16N2O5S. The molecule has 0 aliphatic rings. The molecule has 0 rings (SSSR count). The monoisotopic (exact) mass is 264 g/mol. The average Bonchev–Trinajstić information content (AvgIpc) is 2.25. The van der Waals surface area contributed by atoms with Crippen LogP contribution in [0.2, 0.25) is 0 Å². The molecule has 0 saturated carbocycles. The SMILES string of the molecule is CCC(C#N)S(=O)(=O)NC(CCOC)C(=O)O. The highest BCUT2D eigenvalue weighted by Crippen LogP contribution is 2.05. The Bertz CT molecular complexity index is 387. The van der Waals surface area contributed by atoms with E-state index in [1.165, 1.54) is 14.0 Å². The van der Waals surface area contributed by atoms with E-state index in [0.717, 1.165) is 0 Å². The summed E-state index contributed by atoms with van der Waals surface area (Å²) in [6, 6.07) is 0.342. The molecule has 8 heteroatoms. The molecule has 2 N–H and O–H groups in total. The molecular weight excluding hydrogens is 248 g/mol. The fraction of sp³-hybridized carbons (Fsp3) is 0.778. The van der Waals surface area contributed by atoms with Crippen LogP contribution in [0.4, 0.5) is 0 Å². The van der Waals surface area contributed by atoms with Gasteiger partial charge in [0.05, 0.1) is 6.07 Å². The van der Waals surface area contributed by atoms with E-state index in [1.54, 1.807) is 6.07 Å². The Kier molecular flexibility index (Phi) is 6.72. The van der Waals surface area contributed by atoms with Crippen LogP contribution >= 0.6 is 0 Å². The zero-order valence-corrected chi connectivity index (χ0v) is 10.5. The molecule has 0 aromatic heterocycles. The van der Waals surface area contributed by atoms with Crippen LogP contribution in [-0.2, 0) is 19.6 Å². The molecule has 2 unspecified atom stereocenters. The number of nitriles is 1. The Morgan fingerprint density at radius 1 is 1.59 bits per heavy atom. The van der Waals surface area contributed by atoms with Gasteiger partial charge in [-0.25, -0.2) is 8.42 Å². The molecule has 0 aliphatic carbocycles. The molecule has 98 valence electrons. The fourth-order valence-corrected chi connectivity index (χ4v) is 2.49. The molecule has 0 spiro atoms. The number of carbonyl (C=O) groups is 1. The minimum atomic E-state index is -3.94. The number of nitrogens with one attached hydrogen (secondary N) is 1. The molecule has 0 aromatic carbocycles. The maximum Gasteiger partial charge on any atom is 0.321 e. The van der Waals surface area contributed by atoms with E-state index in [-0.39, 0.29) is 19.4 Å². The predicted molar refractivity (Wildman–Crippen MR) is 59.7 cm³/mol. The third-order valence-electron chi connectivity index (χ3n) is 2.10. The minimum absolute atomic E-state index is 0.00687. The Morgan fingerprint density at radius 2 is 2.18 bits per heavy atom. The third-order valence-corrected chi connectivity index (χ3v) is 3.91. The largest absolute Gasteiger partial charge is 0.480 e. The second-order valence-corrected chi connectivity index (χ2v) is 5.26. The summed E-state index contributed by atoms with van der Waals surface area (Å²) < 4.78 is 30.0. The van der Waals surface area contributed by atoms with Crippen molar-refractivity contribution >= 4 is 16.0 Å². The Morgan fingerprint density at radius 3 is 2.53 bits per heavy atom. The number of carboxylic acids is 1. The van der Waals surface area contributed by atoms with E-state index in [2.05, 4.69) is 4.74 Å². The van der Waals surface area contributed by atoms with Gasteiger partial charge in [-0.2, -0.15) is 9.98 Å². The Labute approximate surface area is 100 Å². The number of aliphatic carboxylic acids is 1. The first-order chi connectivity index (χ1) is 7.88. The van der Waals surface area contributed by atoms with Gasteiger partial charge in [-0.05, 0) is 12.8 Å². The number of carboxylic acid groups (broad SMARTS) is 1. The molecule has 0 fully saturated rings. The summed E-state index contributed by atoms with van der Waals surface area (Å²) in [6.07, 6.45) is 0.107. The Hall–Kier alpha value is -1.17. The molecule has 0 bridgehead atoms. The second-order valence-electron chi connectivity index (χ2n) is 3.36. The maximum atomic E-state index is 11.6. The summed E-state index contributed by atoms with van der Waals surface area (Å²) in [7, 11) is -2.56. The van der Waals surface area contributed by atoms with Crippen molar-refractivity contribution in [3.05, 3.63) is 0 Å². The smallest absolute Gasteiger partial charge is 0.321 e. The zero-order chi connectivity index (χ0) is 13.5. The molecule has 0 amide bonds. The second kappa shape index (κ2) is 7.21. The van der Waals surface area contributed by atoms with Gasteiger partial charge in [0.2, 0.25) is 10.0 Å². The lowest BCUT2D eigenvalue weighted by Crippen LogP contribution is -2.45. The normalized spacial score (nSPS) is 14.9. The van der Waals surface area contributed by atoms with Crippen molar-refractivity contribution in [1.82, 2.24) is 4.72 Å². The topological polar surface area (TPSA) is 116 Å². The molecule has 7 nitrogen and oxygen atoms in total. The van der Waals surface area contributed by atoms with Gasteiger partial charge in [-0.3, -0.25) is 4.79 Å². The molecule has 0 radical (unpaired) electrons. The van der Waals surface area contributed by atoms with Gasteiger partial charge in [-0.15, -0.1) is 0 Å². The van der Waals surface area contributed by atoms with Crippen molar-refractivity contribution in [1.29, 1.82) is 5.26 Å². The highest BCUT2D eigenvalue weighted by Gasteiger charge is 2.29. The van der Waals surface area contributed by atoms with Crippen molar-refractivity contribution in [2.45, 2.75) is 31.1 Å². The Balaban J connectivity index is 4.76. The molecule has 0 aromatic rings. The van der Waals surface area contributed by atoms with Crippen LogP contribution in [0.25, 0.3) is 0 Å². The van der Waals surface area contributed by atoms with Gasteiger partial charge in [-0.1, -0.05) is 6.92 Å². The van der Waals surface area contributed by atoms with Gasteiger partial charge >= 0.3 is 5.97 Å². The highest BCUT2D eigenvalue weighted by atomic mass is 32.2. The number of sulfonamides is 1.